The van der Waals surface area contributed by atoms with Gasteiger partial charge < -0.3 is 11.1 Å². The van der Waals surface area contributed by atoms with Crippen LogP contribution in [0.4, 0.5) is 30.2 Å². The highest BCUT2D eigenvalue weighted by Gasteiger charge is 2.11. The van der Waals surface area contributed by atoms with E-state index in [1.165, 1.54) is 13.0 Å². The minimum atomic E-state index is -0.680. The molecular formula is C13H10ClF3N2. The second-order valence-corrected chi connectivity index (χ2v) is 4.47. The summed E-state index contributed by atoms with van der Waals surface area (Å²) < 4.78 is 40.2. The average Bonchev–Trinajstić information content (AvgIpc) is 2.32. The number of halogens is 4. The molecule has 0 radical (unpaired) electrons. The van der Waals surface area contributed by atoms with Crippen LogP contribution in [0.25, 0.3) is 0 Å². The SMILES string of the molecule is Cc1cc(F)c(Nc2cc(Cl)c(F)cc2N)cc1F. The molecule has 2 nitrogen and oxygen atoms in total. The second-order valence-electron chi connectivity index (χ2n) is 4.06. The first-order valence-corrected chi connectivity index (χ1v) is 5.73. The summed E-state index contributed by atoms with van der Waals surface area (Å²) in [5.74, 6) is -1.88. The van der Waals surface area contributed by atoms with E-state index in [9.17, 15) is 13.2 Å². The van der Waals surface area contributed by atoms with Gasteiger partial charge in [-0.25, -0.2) is 13.2 Å². The van der Waals surface area contributed by atoms with Crippen LogP contribution in [0.3, 0.4) is 0 Å². The van der Waals surface area contributed by atoms with Crippen molar-refractivity contribution in [3.63, 3.8) is 0 Å². The first-order chi connectivity index (χ1) is 8.88. The third-order valence-electron chi connectivity index (χ3n) is 2.61. The van der Waals surface area contributed by atoms with Crippen molar-refractivity contribution in [3.8, 4) is 0 Å². The molecule has 0 aliphatic carbocycles. The largest absolute Gasteiger partial charge is 0.397 e. The van der Waals surface area contributed by atoms with Crippen molar-refractivity contribution < 1.29 is 13.2 Å². The molecular weight excluding hydrogens is 277 g/mol. The van der Waals surface area contributed by atoms with Crippen LogP contribution in [0.2, 0.25) is 5.02 Å². The maximum absolute atomic E-state index is 13.7. The average molecular weight is 287 g/mol. The number of aryl methyl sites for hydroxylation is 1. The monoisotopic (exact) mass is 286 g/mol. The van der Waals surface area contributed by atoms with E-state index in [2.05, 4.69) is 5.32 Å². The second kappa shape index (κ2) is 5.01. The molecule has 0 fully saturated rings. The predicted molar refractivity (Wildman–Crippen MR) is 70.2 cm³/mol. The lowest BCUT2D eigenvalue weighted by Gasteiger charge is -2.12. The standard InChI is InChI=1S/C13H10ClF3N2/c1-6-2-10(17)12(5-8(6)15)19-13-3-7(14)9(16)4-11(13)18/h2-5,19H,18H2,1H3. The van der Waals surface area contributed by atoms with Crippen molar-refractivity contribution in [2.75, 3.05) is 11.1 Å². The molecule has 0 heterocycles. The molecule has 2 aromatic carbocycles. The van der Waals surface area contributed by atoms with Gasteiger partial charge >= 0.3 is 0 Å². The van der Waals surface area contributed by atoms with Gasteiger partial charge in [0.2, 0.25) is 0 Å². The van der Waals surface area contributed by atoms with E-state index in [1.807, 2.05) is 0 Å². The smallest absolute Gasteiger partial charge is 0.147 e. The summed E-state index contributed by atoms with van der Waals surface area (Å²) in [6, 6.07) is 4.27. The van der Waals surface area contributed by atoms with Crippen molar-refractivity contribution in [2.45, 2.75) is 6.92 Å². The maximum atomic E-state index is 13.7. The van der Waals surface area contributed by atoms with E-state index < -0.39 is 17.5 Å². The van der Waals surface area contributed by atoms with Crippen molar-refractivity contribution in [1.29, 1.82) is 0 Å². The Bertz CT molecular complexity index is 589. The molecule has 3 N–H and O–H groups in total. The molecule has 0 bridgehead atoms. The van der Waals surface area contributed by atoms with Gasteiger partial charge in [-0.1, -0.05) is 11.6 Å². The van der Waals surface area contributed by atoms with Crippen molar-refractivity contribution in [3.05, 3.63) is 52.3 Å². The highest BCUT2D eigenvalue weighted by Crippen LogP contribution is 2.30. The zero-order chi connectivity index (χ0) is 14.2. The molecule has 0 spiro atoms. The Labute approximate surface area is 113 Å². The lowest BCUT2D eigenvalue weighted by molar-refractivity contribution is 0.595. The van der Waals surface area contributed by atoms with Gasteiger partial charge in [-0.05, 0) is 24.6 Å². The molecule has 0 aliphatic rings. The third-order valence-corrected chi connectivity index (χ3v) is 2.90. The van der Waals surface area contributed by atoms with Gasteiger partial charge in [-0.15, -0.1) is 0 Å². The Kier molecular flexibility index (Phi) is 3.57. The summed E-state index contributed by atoms with van der Waals surface area (Å²) in [6.45, 7) is 1.45. The Hall–Kier alpha value is -1.88. The molecule has 6 heteroatoms. The lowest BCUT2D eigenvalue weighted by Crippen LogP contribution is -2.00. The van der Waals surface area contributed by atoms with E-state index >= 15 is 0 Å². The fourth-order valence-electron chi connectivity index (χ4n) is 1.56. The minimum absolute atomic E-state index is 0.0438. The summed E-state index contributed by atoms with van der Waals surface area (Å²) in [6.07, 6.45) is 0. The lowest BCUT2D eigenvalue weighted by atomic mass is 10.2. The zero-order valence-electron chi connectivity index (χ0n) is 9.90. The van der Waals surface area contributed by atoms with Gasteiger partial charge in [0, 0.05) is 12.1 Å². The number of nitrogens with one attached hydrogen (secondary N) is 1. The van der Waals surface area contributed by atoms with Crippen LogP contribution in [0.1, 0.15) is 5.56 Å². The number of anilines is 3. The molecule has 0 amide bonds. The molecule has 0 saturated carbocycles. The topological polar surface area (TPSA) is 38.0 Å². The van der Waals surface area contributed by atoms with Crippen molar-refractivity contribution >= 4 is 28.7 Å². The van der Waals surface area contributed by atoms with Crippen LogP contribution in [0, 0.1) is 24.4 Å². The number of nitrogen functional groups attached to an aromatic ring is 1. The first-order valence-electron chi connectivity index (χ1n) is 5.35. The summed E-state index contributed by atoms with van der Waals surface area (Å²) in [5, 5.41) is 2.42. The van der Waals surface area contributed by atoms with Gasteiger partial charge in [0.15, 0.2) is 0 Å². The first kappa shape index (κ1) is 13.5. The van der Waals surface area contributed by atoms with Crippen LogP contribution in [-0.2, 0) is 0 Å². The fraction of sp³-hybridized carbons (Fsp3) is 0.0769. The molecule has 2 aromatic rings. The van der Waals surface area contributed by atoms with E-state index in [0.29, 0.717) is 0 Å². The molecule has 2 rings (SSSR count). The van der Waals surface area contributed by atoms with Gasteiger partial charge in [-0.2, -0.15) is 0 Å². The number of hydrogen-bond acceptors (Lipinski definition) is 2. The van der Waals surface area contributed by atoms with Crippen LogP contribution in [0.15, 0.2) is 24.3 Å². The Morgan fingerprint density at radius 1 is 0.947 bits per heavy atom. The molecule has 0 aliphatic heterocycles. The molecule has 100 valence electrons. The number of rotatable bonds is 2. The van der Waals surface area contributed by atoms with E-state index in [4.69, 9.17) is 17.3 Å². The maximum Gasteiger partial charge on any atom is 0.147 e. The normalized spacial score (nSPS) is 10.6. The molecule has 19 heavy (non-hydrogen) atoms. The van der Waals surface area contributed by atoms with Crippen LogP contribution >= 0.6 is 11.6 Å². The van der Waals surface area contributed by atoms with E-state index in [0.717, 1.165) is 18.2 Å². The highest BCUT2D eigenvalue weighted by atomic mass is 35.5. The molecule has 0 atom stereocenters. The van der Waals surface area contributed by atoms with Gasteiger partial charge in [0.25, 0.3) is 0 Å². The predicted octanol–water partition coefficient (Wildman–Crippen LogP) is 4.39. The fourth-order valence-corrected chi connectivity index (χ4v) is 1.72. The van der Waals surface area contributed by atoms with Gasteiger partial charge in [0.05, 0.1) is 22.1 Å². The summed E-state index contributed by atoms with van der Waals surface area (Å²) in [7, 11) is 0. The van der Waals surface area contributed by atoms with E-state index in [1.54, 1.807) is 0 Å². The Morgan fingerprint density at radius 2 is 1.63 bits per heavy atom. The van der Waals surface area contributed by atoms with Gasteiger partial charge in [-0.3, -0.25) is 0 Å². The summed E-state index contributed by atoms with van der Waals surface area (Å²) >= 11 is 5.61. The molecule has 0 saturated heterocycles. The minimum Gasteiger partial charge on any atom is -0.397 e. The Morgan fingerprint density at radius 3 is 2.32 bits per heavy atom. The Balaban J connectivity index is 2.42. The quantitative estimate of drug-likeness (QED) is 0.804. The highest BCUT2D eigenvalue weighted by molar-refractivity contribution is 6.31. The number of benzene rings is 2. The van der Waals surface area contributed by atoms with Crippen LogP contribution in [-0.4, -0.2) is 0 Å². The third kappa shape index (κ3) is 2.76. The van der Waals surface area contributed by atoms with E-state index in [-0.39, 0.29) is 27.6 Å². The van der Waals surface area contributed by atoms with Crippen molar-refractivity contribution in [1.82, 2.24) is 0 Å². The molecule has 0 unspecified atom stereocenters. The van der Waals surface area contributed by atoms with Crippen molar-refractivity contribution in [2.24, 2.45) is 0 Å². The molecule has 0 aromatic heterocycles. The number of hydrogen-bond donors (Lipinski definition) is 2. The van der Waals surface area contributed by atoms with Gasteiger partial charge in [0.1, 0.15) is 17.5 Å². The summed E-state index contributed by atoms with van der Waals surface area (Å²) in [5.41, 5.74) is 5.91. The van der Waals surface area contributed by atoms with Crippen LogP contribution in [0.5, 0.6) is 0 Å². The summed E-state index contributed by atoms with van der Waals surface area (Å²) in [4.78, 5) is 0. The zero-order valence-corrected chi connectivity index (χ0v) is 10.7. The number of nitrogens with two attached hydrogens (primary N) is 1. The van der Waals surface area contributed by atoms with Crippen LogP contribution < -0.4 is 11.1 Å².